The predicted octanol–water partition coefficient (Wildman–Crippen LogP) is 4.76. The van der Waals surface area contributed by atoms with Crippen molar-refractivity contribution in [1.29, 1.82) is 0 Å². The lowest BCUT2D eigenvalue weighted by Gasteiger charge is -2.40. The molecule has 2 aliphatic rings. The molecule has 0 N–H and O–H groups in total. The van der Waals surface area contributed by atoms with Gasteiger partial charge in [-0.15, -0.1) is 0 Å². The zero-order valence-electron chi connectivity index (χ0n) is 18.1. The van der Waals surface area contributed by atoms with Crippen molar-refractivity contribution in [1.82, 2.24) is 0 Å². The third-order valence-corrected chi connectivity index (χ3v) is 17.6. The van der Waals surface area contributed by atoms with Crippen LogP contribution in [0.4, 0.5) is 0 Å². The van der Waals surface area contributed by atoms with E-state index in [1.165, 1.54) is 25.7 Å². The number of epoxide rings is 1. The van der Waals surface area contributed by atoms with Crippen LogP contribution >= 0.6 is 0 Å². The minimum atomic E-state index is -2.17. The fourth-order valence-corrected chi connectivity index (χ4v) is 19.1. The van der Waals surface area contributed by atoms with Gasteiger partial charge >= 0.3 is 17.1 Å². The van der Waals surface area contributed by atoms with Crippen LogP contribution < -0.4 is 0 Å². The first-order valence-electron chi connectivity index (χ1n) is 10.2. The molecule has 1 heterocycles. The largest absolute Gasteiger partial charge is 0.442 e. The Labute approximate surface area is 161 Å². The molecule has 0 spiro atoms. The first-order valence-corrected chi connectivity index (χ1v) is 21.0. The van der Waals surface area contributed by atoms with Crippen LogP contribution in [0.1, 0.15) is 39.5 Å². The van der Waals surface area contributed by atoms with Crippen molar-refractivity contribution < 1.29 is 17.1 Å². The fraction of sp³-hybridized carbons (Fsp3) is 1.00. The van der Waals surface area contributed by atoms with E-state index >= 15 is 0 Å². The molecule has 0 aromatic rings. The normalized spacial score (nSPS) is 28.9. The average molecular weight is 423 g/mol. The van der Waals surface area contributed by atoms with Crippen LogP contribution in [0.2, 0.25) is 51.9 Å². The highest BCUT2D eigenvalue weighted by atomic mass is 28.5. The van der Waals surface area contributed by atoms with Crippen LogP contribution in [0.25, 0.3) is 0 Å². The van der Waals surface area contributed by atoms with E-state index in [-0.39, 0.29) is 0 Å². The molecule has 0 bridgehead atoms. The molecule has 4 nitrogen and oxygen atoms in total. The lowest BCUT2D eigenvalue weighted by Crippen LogP contribution is -2.54. The van der Waals surface area contributed by atoms with Crippen molar-refractivity contribution in [2.24, 2.45) is 5.92 Å². The highest BCUT2D eigenvalue weighted by Gasteiger charge is 2.46. The predicted molar refractivity (Wildman–Crippen MR) is 117 cm³/mol. The van der Waals surface area contributed by atoms with Gasteiger partial charge in [0.1, 0.15) is 9.76 Å². The Hall–Kier alpha value is 0.708. The summed E-state index contributed by atoms with van der Waals surface area (Å²) in [6.07, 6.45) is 6.22. The maximum Gasteiger partial charge on any atom is 0.315 e. The van der Waals surface area contributed by atoms with Gasteiger partial charge in [0.05, 0.1) is 12.2 Å². The van der Waals surface area contributed by atoms with Crippen LogP contribution in [0.15, 0.2) is 0 Å². The summed E-state index contributed by atoms with van der Waals surface area (Å²) in [5, 5.41) is 0. The molecule has 1 saturated heterocycles. The van der Waals surface area contributed by atoms with E-state index in [9.17, 15) is 0 Å². The van der Waals surface area contributed by atoms with Crippen LogP contribution in [-0.2, 0) is 17.1 Å². The Morgan fingerprint density at radius 2 is 1.60 bits per heavy atom. The molecule has 8 heteroatoms. The molecule has 4 atom stereocenters. The molecule has 0 aromatic carbocycles. The van der Waals surface area contributed by atoms with Gasteiger partial charge in [-0.3, -0.25) is 0 Å². The molecule has 0 radical (unpaired) electrons. The molecule has 25 heavy (non-hydrogen) atoms. The first kappa shape index (κ1) is 23.7. The molecule has 150 valence electrons. The molecule has 2 fully saturated rings. The Morgan fingerprint density at radius 1 is 0.960 bits per heavy atom. The zero-order valence-corrected chi connectivity index (χ0v) is 22.5. The van der Waals surface area contributed by atoms with Crippen molar-refractivity contribution in [2.75, 3.05) is 0 Å². The van der Waals surface area contributed by atoms with Gasteiger partial charge in [-0.1, -0.05) is 20.4 Å². The second-order valence-electron chi connectivity index (χ2n) is 8.71. The Balaban J connectivity index is 0.00000151. The molecule has 1 saturated carbocycles. The molecule has 1 aliphatic carbocycles. The zero-order chi connectivity index (χ0) is 19.3. The lowest BCUT2D eigenvalue weighted by molar-refractivity contribution is 0.313. The molecular formula is C17H42O4Si4. The third kappa shape index (κ3) is 8.96. The van der Waals surface area contributed by atoms with Gasteiger partial charge in [-0.2, -0.15) is 0 Å². The number of hydrogen-bond donors (Lipinski definition) is 0. The third-order valence-electron chi connectivity index (χ3n) is 4.60. The summed E-state index contributed by atoms with van der Waals surface area (Å²) in [4.78, 5) is 0. The van der Waals surface area contributed by atoms with Crippen molar-refractivity contribution in [3.8, 4) is 0 Å². The Kier molecular flexibility index (Phi) is 9.28. The summed E-state index contributed by atoms with van der Waals surface area (Å²) in [6, 6.07) is 1.10. The smallest absolute Gasteiger partial charge is 0.315 e. The van der Waals surface area contributed by atoms with E-state index < -0.39 is 35.2 Å². The molecule has 0 aromatic heterocycles. The van der Waals surface area contributed by atoms with Crippen LogP contribution in [0.3, 0.4) is 0 Å². The van der Waals surface area contributed by atoms with Gasteiger partial charge in [0, 0.05) is 0 Å². The van der Waals surface area contributed by atoms with Crippen molar-refractivity contribution >= 4 is 35.2 Å². The van der Waals surface area contributed by atoms with Gasteiger partial charge in [-0.25, -0.2) is 0 Å². The van der Waals surface area contributed by atoms with Gasteiger partial charge in [0.15, 0.2) is 8.32 Å². The molecule has 1 aliphatic heterocycles. The number of ether oxygens (including phenoxy) is 1. The minimum Gasteiger partial charge on any atom is -0.442 e. The van der Waals surface area contributed by atoms with Crippen molar-refractivity contribution in [3.63, 3.8) is 0 Å². The second-order valence-corrected chi connectivity index (χ2v) is 21.9. The summed E-state index contributed by atoms with van der Waals surface area (Å²) >= 11 is 0. The number of rotatable bonds is 9. The van der Waals surface area contributed by atoms with Crippen LogP contribution in [0, 0.1) is 5.92 Å². The van der Waals surface area contributed by atoms with Crippen molar-refractivity contribution in [3.05, 3.63) is 0 Å². The maximum atomic E-state index is 6.64. The summed E-state index contributed by atoms with van der Waals surface area (Å²) < 4.78 is 25.0. The summed E-state index contributed by atoms with van der Waals surface area (Å²) in [6.45, 7) is 19.7. The monoisotopic (exact) mass is 422 g/mol. The van der Waals surface area contributed by atoms with Crippen LogP contribution in [-0.4, -0.2) is 47.4 Å². The van der Waals surface area contributed by atoms with E-state index in [2.05, 4.69) is 45.8 Å². The van der Waals surface area contributed by atoms with E-state index in [0.29, 0.717) is 12.2 Å². The van der Waals surface area contributed by atoms with Crippen LogP contribution in [0.5, 0.6) is 0 Å². The van der Waals surface area contributed by atoms with Gasteiger partial charge < -0.3 is 17.1 Å². The maximum absolute atomic E-state index is 6.64. The Bertz CT molecular complexity index is 403. The van der Waals surface area contributed by atoms with E-state index in [0.717, 1.165) is 12.0 Å². The molecule has 0 amide bonds. The highest BCUT2D eigenvalue weighted by molar-refractivity contribution is 6.87. The quantitative estimate of drug-likeness (QED) is 0.397. The van der Waals surface area contributed by atoms with Gasteiger partial charge in [0.2, 0.25) is 0 Å². The molecule has 2 rings (SSSR count). The molecular weight excluding hydrogens is 381 g/mol. The average Bonchev–Trinajstić information content (AvgIpc) is 3.23. The van der Waals surface area contributed by atoms with Crippen molar-refractivity contribution in [2.45, 2.75) is 104 Å². The molecule has 4 unspecified atom stereocenters. The van der Waals surface area contributed by atoms with E-state index in [1.54, 1.807) is 0 Å². The SMILES string of the molecule is CC.C[SiH2]O[Si](C)(C)O[Si](C)(CCC1CCC2OC2C1)O[Si](C)(C)C. The summed E-state index contributed by atoms with van der Waals surface area (Å²) in [5.41, 5.74) is 0. The minimum absolute atomic E-state index is 0.437. The number of hydrogen-bond acceptors (Lipinski definition) is 4. The first-order chi connectivity index (χ1) is 11.5. The fourth-order valence-electron chi connectivity index (χ4n) is 3.88. The van der Waals surface area contributed by atoms with E-state index in [4.69, 9.17) is 17.1 Å². The Morgan fingerprint density at radius 3 is 2.12 bits per heavy atom. The van der Waals surface area contributed by atoms with Gasteiger partial charge in [-0.05, 0) is 76.9 Å². The number of fused-ring (bicyclic) bond motifs is 1. The van der Waals surface area contributed by atoms with Gasteiger partial charge in [0.25, 0.3) is 0 Å². The summed E-state index contributed by atoms with van der Waals surface area (Å²) in [5.74, 6) is 0.797. The van der Waals surface area contributed by atoms with E-state index in [1.807, 2.05) is 13.8 Å². The second kappa shape index (κ2) is 9.77. The lowest BCUT2D eigenvalue weighted by atomic mass is 9.88. The highest BCUT2D eigenvalue weighted by Crippen LogP contribution is 2.42. The topological polar surface area (TPSA) is 40.2 Å². The summed E-state index contributed by atoms with van der Waals surface area (Å²) in [7, 11) is -6.26. The standard InChI is InChI=1S/C15H36O4Si4.C2H6/c1-20-17-22(5,6)19-23(7,18-21(2,3)4)11-10-13-8-9-14-15(12-13)16-14;1-2/h13-15H,8-12,20H2,1-7H3;1-2H3.